The topological polar surface area (TPSA) is 41.1 Å². The number of hydrogen-bond acceptors (Lipinski definition) is 2. The number of carbonyl (C=O) groups is 1. The quantitative estimate of drug-likeness (QED) is 0.614. The zero-order valence-electron chi connectivity index (χ0n) is 16.8. The fraction of sp³-hybridized carbons (Fsp3) is 0.682. The monoisotopic (exact) mass is 428 g/mol. The molecule has 0 heterocycles. The van der Waals surface area contributed by atoms with Crippen LogP contribution in [0.5, 0.6) is 0 Å². The number of halogens is 4. The van der Waals surface area contributed by atoms with Gasteiger partial charge in [-0.25, -0.2) is 0 Å². The molecule has 1 amide bonds. The van der Waals surface area contributed by atoms with Gasteiger partial charge in [-0.3, -0.25) is 4.79 Å². The Bertz CT molecular complexity index is 757. The van der Waals surface area contributed by atoms with Crippen LogP contribution in [0, 0.1) is 23.7 Å². The average Bonchev–Trinajstić information content (AvgIpc) is 2.57. The van der Waals surface area contributed by atoms with Gasteiger partial charge in [-0.1, -0.05) is 25.4 Å². The zero-order valence-corrected chi connectivity index (χ0v) is 17.5. The second-order valence-electron chi connectivity index (χ2n) is 9.75. The molecule has 3 nitrogen and oxygen atoms in total. The maximum absolute atomic E-state index is 13.2. The van der Waals surface area contributed by atoms with Gasteiger partial charge in [0.25, 0.3) is 0 Å². The average molecular weight is 429 g/mol. The number of amides is 1. The van der Waals surface area contributed by atoms with Crippen molar-refractivity contribution in [2.75, 3.05) is 5.32 Å². The van der Waals surface area contributed by atoms with E-state index in [1.807, 2.05) is 13.8 Å². The van der Waals surface area contributed by atoms with Gasteiger partial charge in [0.1, 0.15) is 6.04 Å². The van der Waals surface area contributed by atoms with Crippen molar-refractivity contribution in [2.45, 2.75) is 70.1 Å². The number of carbonyl (C=O) groups excluding carboxylic acids is 1. The molecule has 1 aromatic carbocycles. The number of rotatable bonds is 5. The van der Waals surface area contributed by atoms with Crippen LogP contribution >= 0.6 is 11.6 Å². The predicted molar refractivity (Wildman–Crippen MR) is 108 cm³/mol. The summed E-state index contributed by atoms with van der Waals surface area (Å²) < 4.78 is 38.7. The van der Waals surface area contributed by atoms with Gasteiger partial charge in [-0.2, -0.15) is 13.2 Å². The SMILES string of the molecule is CC(C)[C@@H](Nc1ccc(C(F)(F)F)cc1Cl)C(=O)NC12CC3CC(CC(C3)C1)C2. The maximum Gasteiger partial charge on any atom is 0.416 e. The number of hydrogen-bond donors (Lipinski definition) is 2. The lowest BCUT2D eigenvalue weighted by molar-refractivity contribution is -0.137. The first-order valence-electron chi connectivity index (χ1n) is 10.5. The summed E-state index contributed by atoms with van der Waals surface area (Å²) in [5.74, 6) is 2.03. The molecule has 2 N–H and O–H groups in total. The number of nitrogens with one attached hydrogen (secondary N) is 2. The second-order valence-corrected chi connectivity index (χ2v) is 10.2. The molecule has 4 bridgehead atoms. The third-order valence-corrected chi connectivity index (χ3v) is 7.30. The zero-order chi connectivity index (χ0) is 21.0. The number of benzene rings is 1. The van der Waals surface area contributed by atoms with Crippen molar-refractivity contribution in [2.24, 2.45) is 23.7 Å². The van der Waals surface area contributed by atoms with Gasteiger partial charge in [0.2, 0.25) is 5.91 Å². The smallest absolute Gasteiger partial charge is 0.372 e. The third-order valence-electron chi connectivity index (χ3n) is 6.98. The summed E-state index contributed by atoms with van der Waals surface area (Å²) in [4.78, 5) is 13.2. The van der Waals surface area contributed by atoms with Crippen molar-refractivity contribution in [1.82, 2.24) is 5.32 Å². The molecule has 0 aliphatic heterocycles. The Hall–Kier alpha value is -1.43. The van der Waals surface area contributed by atoms with E-state index in [-0.39, 0.29) is 22.4 Å². The highest BCUT2D eigenvalue weighted by Crippen LogP contribution is 2.55. The summed E-state index contributed by atoms with van der Waals surface area (Å²) in [6, 6.07) is 2.64. The Morgan fingerprint density at radius 3 is 2.10 bits per heavy atom. The van der Waals surface area contributed by atoms with Crippen molar-refractivity contribution in [3.05, 3.63) is 28.8 Å². The van der Waals surface area contributed by atoms with Crippen LogP contribution in [0.25, 0.3) is 0 Å². The van der Waals surface area contributed by atoms with E-state index in [1.165, 1.54) is 25.3 Å². The predicted octanol–water partition coefficient (Wildman–Crippen LogP) is 5.88. The van der Waals surface area contributed by atoms with Crippen LogP contribution < -0.4 is 10.6 Å². The maximum atomic E-state index is 13.2. The summed E-state index contributed by atoms with van der Waals surface area (Å²) >= 11 is 6.09. The molecule has 160 valence electrons. The van der Waals surface area contributed by atoms with Crippen LogP contribution in [-0.2, 0) is 11.0 Å². The third kappa shape index (κ3) is 4.23. The van der Waals surface area contributed by atoms with Gasteiger partial charge in [0, 0.05) is 5.54 Å². The highest BCUT2D eigenvalue weighted by atomic mass is 35.5. The molecule has 5 rings (SSSR count). The molecule has 4 aliphatic carbocycles. The van der Waals surface area contributed by atoms with Crippen molar-refractivity contribution >= 4 is 23.2 Å². The number of anilines is 1. The summed E-state index contributed by atoms with van der Waals surface area (Å²) in [5.41, 5.74) is -0.559. The molecule has 0 radical (unpaired) electrons. The molecule has 0 spiro atoms. The normalized spacial score (nSPS) is 31.8. The molecule has 4 saturated carbocycles. The van der Waals surface area contributed by atoms with Crippen molar-refractivity contribution < 1.29 is 18.0 Å². The Balaban J connectivity index is 1.49. The van der Waals surface area contributed by atoms with Gasteiger partial charge in [-0.15, -0.1) is 0 Å². The van der Waals surface area contributed by atoms with E-state index >= 15 is 0 Å². The minimum absolute atomic E-state index is 0.0342. The van der Waals surface area contributed by atoms with E-state index in [2.05, 4.69) is 10.6 Å². The lowest BCUT2D eigenvalue weighted by atomic mass is 9.53. The van der Waals surface area contributed by atoms with Crippen molar-refractivity contribution in [3.8, 4) is 0 Å². The Kier molecular flexibility index (Phi) is 5.29. The summed E-state index contributed by atoms with van der Waals surface area (Å²) in [6.07, 6.45) is 2.59. The Labute approximate surface area is 174 Å². The van der Waals surface area contributed by atoms with Crippen molar-refractivity contribution in [3.63, 3.8) is 0 Å². The minimum atomic E-state index is -4.45. The molecule has 7 heteroatoms. The van der Waals surface area contributed by atoms with E-state index in [4.69, 9.17) is 11.6 Å². The molecule has 29 heavy (non-hydrogen) atoms. The molecular formula is C22H28ClF3N2O. The summed E-state index contributed by atoms with van der Waals surface area (Å²) in [7, 11) is 0. The molecule has 4 aliphatic rings. The van der Waals surface area contributed by atoms with Crippen LogP contribution in [0.15, 0.2) is 18.2 Å². The molecule has 4 fully saturated rings. The first-order chi connectivity index (χ1) is 13.5. The van der Waals surface area contributed by atoms with Gasteiger partial charge in [0.05, 0.1) is 16.3 Å². The molecule has 0 saturated heterocycles. The minimum Gasteiger partial charge on any atom is -0.372 e. The van der Waals surface area contributed by atoms with Gasteiger partial charge >= 0.3 is 6.18 Å². The standard InChI is InChI=1S/C22H28ClF3N2O/c1-12(2)19(27-18-4-3-16(8-17(18)23)22(24,25)26)20(29)28-21-9-13-5-14(10-21)7-15(6-13)11-21/h3-4,8,12-15,19,27H,5-7,9-11H2,1-2H3,(H,28,29)/t13?,14?,15?,19-,21?/m1/s1. The fourth-order valence-electron chi connectivity index (χ4n) is 6.11. The molecule has 1 atom stereocenters. The summed E-state index contributed by atoms with van der Waals surface area (Å²) in [6.45, 7) is 3.85. The number of alkyl halides is 3. The van der Waals surface area contributed by atoms with Crippen LogP contribution in [0.4, 0.5) is 18.9 Å². The van der Waals surface area contributed by atoms with Gasteiger partial charge in [0.15, 0.2) is 0 Å². The Morgan fingerprint density at radius 2 is 1.66 bits per heavy atom. The second kappa shape index (κ2) is 7.36. The van der Waals surface area contributed by atoms with Crippen LogP contribution in [0.1, 0.15) is 57.9 Å². The van der Waals surface area contributed by atoms with E-state index in [1.54, 1.807) is 0 Å². The van der Waals surface area contributed by atoms with Gasteiger partial charge < -0.3 is 10.6 Å². The highest BCUT2D eigenvalue weighted by molar-refractivity contribution is 6.33. The Morgan fingerprint density at radius 1 is 1.10 bits per heavy atom. The van der Waals surface area contributed by atoms with E-state index in [0.29, 0.717) is 5.69 Å². The first kappa shape index (κ1) is 20.8. The fourth-order valence-corrected chi connectivity index (χ4v) is 6.35. The van der Waals surface area contributed by atoms with Crippen LogP contribution in [-0.4, -0.2) is 17.5 Å². The highest BCUT2D eigenvalue weighted by Gasteiger charge is 2.52. The van der Waals surface area contributed by atoms with Crippen LogP contribution in [0.2, 0.25) is 5.02 Å². The molecule has 1 aromatic rings. The summed E-state index contributed by atoms with van der Waals surface area (Å²) in [5, 5.41) is 6.42. The molecule has 0 unspecified atom stereocenters. The molecule has 0 aromatic heterocycles. The van der Waals surface area contributed by atoms with E-state index in [0.717, 1.165) is 49.1 Å². The lowest BCUT2D eigenvalue weighted by Crippen LogP contribution is -2.62. The van der Waals surface area contributed by atoms with Crippen LogP contribution in [0.3, 0.4) is 0 Å². The largest absolute Gasteiger partial charge is 0.416 e. The van der Waals surface area contributed by atoms with E-state index in [9.17, 15) is 18.0 Å². The van der Waals surface area contributed by atoms with E-state index < -0.39 is 17.8 Å². The van der Waals surface area contributed by atoms with Gasteiger partial charge in [-0.05, 0) is 80.4 Å². The lowest BCUT2D eigenvalue weighted by Gasteiger charge is -2.57. The molecular weight excluding hydrogens is 401 g/mol. The van der Waals surface area contributed by atoms with Crippen molar-refractivity contribution in [1.29, 1.82) is 0 Å². The first-order valence-corrected chi connectivity index (χ1v) is 10.9.